The molecule has 2 N–H and O–H groups in total. The van der Waals surface area contributed by atoms with E-state index in [1.165, 1.54) is 12.1 Å². The number of nitrogens with zero attached hydrogens (tertiary/aromatic N) is 3. The molecular weight excluding hydrogens is 450 g/mol. The molecule has 0 spiro atoms. The fraction of sp³-hybridized carbons (Fsp3) is 0.296. The third kappa shape index (κ3) is 9.52. The minimum atomic E-state index is -0.288. The lowest BCUT2D eigenvalue weighted by Gasteiger charge is -2.14. The van der Waals surface area contributed by atoms with E-state index in [1.807, 2.05) is 52.8 Å². The summed E-state index contributed by atoms with van der Waals surface area (Å²) < 4.78 is 25.2. The van der Waals surface area contributed by atoms with Gasteiger partial charge in [0.05, 0.1) is 18.6 Å². The highest BCUT2D eigenvalue weighted by molar-refractivity contribution is 5.67. The average Bonchev–Trinajstić information content (AvgIpc) is 3.27. The second kappa shape index (κ2) is 16.7. The Morgan fingerprint density at radius 2 is 1.77 bits per heavy atom. The molecular formula is C27H36F2N4O2. The summed E-state index contributed by atoms with van der Waals surface area (Å²) in [5.41, 5.74) is 5.41. The predicted octanol–water partition coefficient (Wildman–Crippen LogP) is 7.23. The van der Waals surface area contributed by atoms with Crippen LogP contribution in [0.3, 0.4) is 0 Å². The molecule has 0 bridgehead atoms. The van der Waals surface area contributed by atoms with E-state index in [1.54, 1.807) is 16.8 Å². The van der Waals surface area contributed by atoms with Crippen molar-refractivity contribution >= 4 is 23.7 Å². The maximum absolute atomic E-state index is 14.0. The number of allylic oxidation sites excluding steroid dienone is 2. The van der Waals surface area contributed by atoms with Crippen LogP contribution in [-0.4, -0.2) is 33.5 Å². The number of alkyl halides is 1. The molecule has 1 aromatic carbocycles. The van der Waals surface area contributed by atoms with Gasteiger partial charge in [0.1, 0.15) is 17.5 Å². The summed E-state index contributed by atoms with van der Waals surface area (Å²) in [5.74, 6) is 1.21. The molecule has 0 aliphatic rings. The number of hydrogen-bond donors (Lipinski definition) is 2. The number of carboxylic acid groups (broad SMARTS) is 1. The van der Waals surface area contributed by atoms with Gasteiger partial charge in [-0.3, -0.25) is 9.18 Å². The SMILES string of the molecule is C=C(CC)c1cc(Nc2nc(C)ccc2C)n(-c2cc(F)ccc2CC)n1.C=CC.CF.O=CO. The topological polar surface area (TPSA) is 80.0 Å². The Labute approximate surface area is 207 Å². The number of benzene rings is 1. The van der Waals surface area contributed by atoms with Gasteiger partial charge in [-0.25, -0.2) is 14.1 Å². The van der Waals surface area contributed by atoms with Crippen molar-refractivity contribution in [3.63, 3.8) is 0 Å². The first-order chi connectivity index (χ1) is 16.8. The Morgan fingerprint density at radius 3 is 2.31 bits per heavy atom. The Hall–Kier alpha value is -3.81. The van der Waals surface area contributed by atoms with Crippen molar-refractivity contribution in [2.24, 2.45) is 0 Å². The molecule has 3 rings (SSSR count). The van der Waals surface area contributed by atoms with Crippen molar-refractivity contribution < 1.29 is 18.7 Å². The highest BCUT2D eigenvalue weighted by Gasteiger charge is 2.16. The van der Waals surface area contributed by atoms with E-state index >= 15 is 0 Å². The largest absolute Gasteiger partial charge is 0.483 e. The van der Waals surface area contributed by atoms with E-state index in [-0.39, 0.29) is 12.3 Å². The van der Waals surface area contributed by atoms with Crippen LogP contribution in [0.1, 0.15) is 49.7 Å². The van der Waals surface area contributed by atoms with Gasteiger partial charge in [0.15, 0.2) is 0 Å². The molecule has 6 nitrogen and oxygen atoms in total. The van der Waals surface area contributed by atoms with E-state index in [9.17, 15) is 8.78 Å². The smallest absolute Gasteiger partial charge is 0.290 e. The number of aryl methyl sites for hydroxylation is 3. The monoisotopic (exact) mass is 486 g/mol. The summed E-state index contributed by atoms with van der Waals surface area (Å²) in [6.45, 7) is 17.1. The van der Waals surface area contributed by atoms with E-state index in [2.05, 4.69) is 23.5 Å². The molecule has 0 atom stereocenters. The molecule has 8 heteroatoms. The molecule has 0 amide bonds. The van der Waals surface area contributed by atoms with Crippen molar-refractivity contribution in [3.8, 4) is 5.69 Å². The van der Waals surface area contributed by atoms with Crippen molar-refractivity contribution in [2.75, 3.05) is 12.5 Å². The molecule has 0 aliphatic carbocycles. The summed E-state index contributed by atoms with van der Waals surface area (Å²) >= 11 is 0. The first-order valence-corrected chi connectivity index (χ1v) is 11.1. The van der Waals surface area contributed by atoms with Crippen LogP contribution < -0.4 is 5.32 Å². The first-order valence-electron chi connectivity index (χ1n) is 11.1. The molecule has 0 saturated heterocycles. The third-order valence-electron chi connectivity index (χ3n) is 4.64. The highest BCUT2D eigenvalue weighted by Crippen LogP contribution is 2.28. The van der Waals surface area contributed by atoms with Crippen molar-refractivity contribution in [1.29, 1.82) is 0 Å². The minimum absolute atomic E-state index is 0.250. The minimum Gasteiger partial charge on any atom is -0.483 e. The maximum atomic E-state index is 14.0. The number of aromatic nitrogens is 3. The third-order valence-corrected chi connectivity index (χ3v) is 4.64. The zero-order chi connectivity index (χ0) is 27.0. The van der Waals surface area contributed by atoms with Crippen LogP contribution in [0.5, 0.6) is 0 Å². The van der Waals surface area contributed by atoms with E-state index < -0.39 is 0 Å². The van der Waals surface area contributed by atoms with Crippen LogP contribution in [0.2, 0.25) is 0 Å². The Kier molecular flexibility index (Phi) is 14.9. The molecule has 2 aromatic heterocycles. The Bertz CT molecular complexity index is 1090. The molecule has 2 heterocycles. The second-order valence-corrected chi connectivity index (χ2v) is 7.17. The van der Waals surface area contributed by atoms with Gasteiger partial charge >= 0.3 is 0 Å². The first kappa shape index (κ1) is 31.2. The van der Waals surface area contributed by atoms with Crippen LogP contribution in [0.25, 0.3) is 11.3 Å². The van der Waals surface area contributed by atoms with Gasteiger partial charge in [0, 0.05) is 11.8 Å². The number of anilines is 2. The summed E-state index contributed by atoms with van der Waals surface area (Å²) in [4.78, 5) is 12.9. The molecule has 0 radical (unpaired) electrons. The number of carbonyl (C=O) groups is 1. The standard InChI is InChI=1S/C22H25FN4.C3H6.CH3F.CH2O2/c1-6-14(3)19-13-21(25-22-15(4)8-9-16(5)24-22)27(26-19)20-12-18(23)11-10-17(20)7-2;1-3-2;1-2;2-1-3/h8-13H,3,6-7H2,1-2,4-5H3,(H,24,25);3H,1H2,2H3;1H3;1H,(H,2,3). The van der Waals surface area contributed by atoms with Gasteiger partial charge in [-0.2, -0.15) is 5.10 Å². The lowest BCUT2D eigenvalue weighted by Crippen LogP contribution is -2.07. The maximum Gasteiger partial charge on any atom is 0.290 e. The molecule has 0 unspecified atom stereocenters. The fourth-order valence-electron chi connectivity index (χ4n) is 2.91. The summed E-state index contributed by atoms with van der Waals surface area (Å²) in [6.07, 6.45) is 3.32. The average molecular weight is 487 g/mol. The fourth-order valence-corrected chi connectivity index (χ4v) is 2.91. The van der Waals surface area contributed by atoms with Gasteiger partial charge in [-0.05, 0) is 68.5 Å². The zero-order valence-corrected chi connectivity index (χ0v) is 21.4. The lowest BCUT2D eigenvalue weighted by molar-refractivity contribution is -0.122. The normalized spacial score (nSPS) is 9.26. The predicted molar refractivity (Wildman–Crippen MR) is 141 cm³/mol. The van der Waals surface area contributed by atoms with Crippen LogP contribution in [0.4, 0.5) is 20.4 Å². The molecule has 190 valence electrons. The van der Waals surface area contributed by atoms with Crippen LogP contribution in [0, 0.1) is 19.7 Å². The van der Waals surface area contributed by atoms with Gasteiger partial charge in [-0.1, -0.05) is 38.6 Å². The van der Waals surface area contributed by atoms with Gasteiger partial charge in [0.2, 0.25) is 0 Å². The van der Waals surface area contributed by atoms with Crippen LogP contribution in [-0.2, 0) is 11.2 Å². The molecule has 35 heavy (non-hydrogen) atoms. The van der Waals surface area contributed by atoms with Crippen molar-refractivity contribution in [3.05, 3.63) is 84.0 Å². The highest BCUT2D eigenvalue weighted by atomic mass is 19.1. The van der Waals surface area contributed by atoms with Crippen LogP contribution in [0.15, 0.2) is 55.6 Å². The molecule has 0 saturated carbocycles. The van der Waals surface area contributed by atoms with E-state index in [0.717, 1.165) is 58.3 Å². The Balaban J connectivity index is 0.00000129. The molecule has 0 aliphatic heterocycles. The Morgan fingerprint density at radius 1 is 1.17 bits per heavy atom. The van der Waals surface area contributed by atoms with Crippen LogP contribution >= 0.6 is 0 Å². The van der Waals surface area contributed by atoms with Gasteiger partial charge in [-0.15, -0.1) is 6.58 Å². The number of hydrogen-bond acceptors (Lipinski definition) is 4. The zero-order valence-electron chi connectivity index (χ0n) is 21.4. The molecule has 0 fully saturated rings. The number of halogens is 2. The summed E-state index contributed by atoms with van der Waals surface area (Å²) in [7, 11) is 0.500. The quantitative estimate of drug-likeness (QED) is 0.284. The number of nitrogens with one attached hydrogen (secondary N) is 1. The van der Waals surface area contributed by atoms with E-state index in [4.69, 9.17) is 15.0 Å². The number of pyridine rings is 1. The second-order valence-electron chi connectivity index (χ2n) is 7.17. The van der Waals surface area contributed by atoms with Crippen molar-refractivity contribution in [1.82, 2.24) is 14.8 Å². The summed E-state index contributed by atoms with van der Waals surface area (Å²) in [6, 6.07) is 10.8. The van der Waals surface area contributed by atoms with Gasteiger partial charge in [0.25, 0.3) is 6.47 Å². The molecule has 3 aromatic rings. The summed E-state index contributed by atoms with van der Waals surface area (Å²) in [5, 5.41) is 15.0. The van der Waals surface area contributed by atoms with E-state index in [0.29, 0.717) is 7.18 Å². The van der Waals surface area contributed by atoms with Crippen molar-refractivity contribution in [2.45, 2.75) is 47.5 Å². The lowest BCUT2D eigenvalue weighted by atomic mass is 10.1. The van der Waals surface area contributed by atoms with Gasteiger partial charge < -0.3 is 10.4 Å². The number of rotatable bonds is 6.